The van der Waals surface area contributed by atoms with Crippen LogP contribution in [0.25, 0.3) is 6.08 Å². The van der Waals surface area contributed by atoms with Gasteiger partial charge in [-0.05, 0) is 104 Å². The second kappa shape index (κ2) is 9.30. The van der Waals surface area contributed by atoms with E-state index in [4.69, 9.17) is 4.74 Å². The van der Waals surface area contributed by atoms with Gasteiger partial charge in [0.15, 0.2) is 0 Å². The highest BCUT2D eigenvalue weighted by Gasteiger charge is 2.56. The standard InChI is InChI=1S/C32H42N2O/c1-31-14-12-29-28(11-10-26-8-3-4-13-32(26,29)2)30(31)21-25(22-31)19-24-7-5-9-27(20-24)35-18-6-16-34-17-15-33-23-34/h5,7,9-10,15,17,19-20,23,28-30H,3-4,6,8,11-14,16,18,21-22H2,1-2H3/t28-,29+,30+,31-,32+/m1/s1. The van der Waals surface area contributed by atoms with Gasteiger partial charge >= 0.3 is 0 Å². The van der Waals surface area contributed by atoms with E-state index in [2.05, 4.69) is 59.8 Å². The number of nitrogens with zero attached hydrogens (tertiary/aromatic N) is 2. The van der Waals surface area contributed by atoms with Crippen LogP contribution in [0.15, 0.2) is 60.2 Å². The normalized spacial score (nSPS) is 35.2. The lowest BCUT2D eigenvalue weighted by atomic mass is 9.48. The molecule has 0 bridgehead atoms. The summed E-state index contributed by atoms with van der Waals surface area (Å²) in [5.74, 6) is 3.64. The molecule has 1 aromatic heterocycles. The molecule has 1 heterocycles. The van der Waals surface area contributed by atoms with Gasteiger partial charge in [0.2, 0.25) is 0 Å². The summed E-state index contributed by atoms with van der Waals surface area (Å²) in [6.07, 6.45) is 24.3. The summed E-state index contributed by atoms with van der Waals surface area (Å²) in [7, 11) is 0. The maximum Gasteiger partial charge on any atom is 0.119 e. The molecule has 0 unspecified atom stereocenters. The summed E-state index contributed by atoms with van der Waals surface area (Å²) in [6, 6.07) is 8.72. The summed E-state index contributed by atoms with van der Waals surface area (Å²) in [5.41, 5.74) is 5.78. The molecule has 35 heavy (non-hydrogen) atoms. The molecule has 0 amide bonds. The summed E-state index contributed by atoms with van der Waals surface area (Å²) >= 11 is 0. The molecule has 3 fully saturated rings. The predicted octanol–water partition coefficient (Wildman–Crippen LogP) is 8.09. The minimum atomic E-state index is 0.491. The Bertz CT molecular complexity index is 1100. The summed E-state index contributed by atoms with van der Waals surface area (Å²) in [5, 5.41) is 0. The fraction of sp³-hybridized carbons (Fsp3) is 0.594. The van der Waals surface area contributed by atoms with Gasteiger partial charge in [-0.15, -0.1) is 0 Å². The number of hydrogen-bond donors (Lipinski definition) is 0. The van der Waals surface area contributed by atoms with E-state index in [1.54, 1.807) is 5.57 Å². The SMILES string of the molecule is C[C@]12CC[C@H]3[C@@H](CC=C4CCCC[C@@]43C)[C@@H]1CC(=Cc1cccc(OCCCn3ccnc3)c1)C2. The average Bonchev–Trinajstić information content (AvgIpc) is 3.49. The minimum Gasteiger partial charge on any atom is -0.494 e. The highest BCUT2D eigenvalue weighted by molar-refractivity contribution is 5.56. The Morgan fingerprint density at radius 1 is 1.17 bits per heavy atom. The molecule has 4 aliphatic rings. The molecule has 3 saturated carbocycles. The summed E-state index contributed by atoms with van der Waals surface area (Å²) in [6.45, 7) is 6.92. The van der Waals surface area contributed by atoms with Crippen molar-refractivity contribution in [2.45, 2.75) is 84.6 Å². The van der Waals surface area contributed by atoms with Crippen LogP contribution in [0.5, 0.6) is 5.75 Å². The highest BCUT2D eigenvalue weighted by atomic mass is 16.5. The van der Waals surface area contributed by atoms with Gasteiger partial charge in [0.1, 0.15) is 5.75 Å². The van der Waals surface area contributed by atoms with Crippen molar-refractivity contribution >= 4 is 6.08 Å². The minimum absolute atomic E-state index is 0.491. The number of aryl methyl sites for hydroxylation is 1. The summed E-state index contributed by atoms with van der Waals surface area (Å²) in [4.78, 5) is 4.11. The molecule has 4 aliphatic carbocycles. The van der Waals surface area contributed by atoms with Gasteiger partial charge in [-0.1, -0.05) is 55.7 Å². The second-order valence-corrected chi connectivity index (χ2v) is 12.4. The Kier molecular flexibility index (Phi) is 6.15. The molecular weight excluding hydrogens is 428 g/mol. The molecule has 3 heteroatoms. The molecular formula is C32H42N2O. The quantitative estimate of drug-likeness (QED) is 0.315. The van der Waals surface area contributed by atoms with E-state index in [0.29, 0.717) is 10.8 Å². The van der Waals surface area contributed by atoms with Crippen LogP contribution in [-0.4, -0.2) is 16.2 Å². The number of benzene rings is 1. The van der Waals surface area contributed by atoms with E-state index in [1.807, 2.05) is 24.3 Å². The Hall–Kier alpha value is -2.29. The van der Waals surface area contributed by atoms with E-state index in [-0.39, 0.29) is 0 Å². The zero-order chi connectivity index (χ0) is 23.9. The van der Waals surface area contributed by atoms with Crippen molar-refractivity contribution in [2.75, 3.05) is 6.61 Å². The van der Waals surface area contributed by atoms with Crippen LogP contribution in [0.1, 0.15) is 83.6 Å². The monoisotopic (exact) mass is 470 g/mol. The first-order valence-corrected chi connectivity index (χ1v) is 14.1. The lowest BCUT2D eigenvalue weighted by molar-refractivity contribution is -0.0248. The number of rotatable bonds is 6. The molecule has 2 aromatic rings. The zero-order valence-corrected chi connectivity index (χ0v) is 21.7. The zero-order valence-electron chi connectivity index (χ0n) is 21.7. The van der Waals surface area contributed by atoms with Crippen LogP contribution in [0.3, 0.4) is 0 Å². The Balaban J connectivity index is 1.13. The van der Waals surface area contributed by atoms with Crippen molar-refractivity contribution in [3.05, 3.63) is 65.8 Å². The first-order chi connectivity index (χ1) is 17.0. The number of fused-ring (bicyclic) bond motifs is 5. The highest BCUT2D eigenvalue weighted by Crippen LogP contribution is 2.65. The molecule has 0 radical (unpaired) electrons. The predicted molar refractivity (Wildman–Crippen MR) is 143 cm³/mol. The van der Waals surface area contributed by atoms with Crippen LogP contribution in [0.2, 0.25) is 0 Å². The third-order valence-electron chi connectivity index (χ3n) is 10.3. The van der Waals surface area contributed by atoms with Crippen molar-refractivity contribution in [1.82, 2.24) is 9.55 Å². The fourth-order valence-corrected chi connectivity index (χ4v) is 8.48. The largest absolute Gasteiger partial charge is 0.494 e. The topological polar surface area (TPSA) is 27.1 Å². The van der Waals surface area contributed by atoms with E-state index in [1.165, 1.54) is 63.4 Å². The van der Waals surface area contributed by atoms with Gasteiger partial charge in [-0.2, -0.15) is 0 Å². The van der Waals surface area contributed by atoms with Crippen molar-refractivity contribution in [1.29, 1.82) is 0 Å². The van der Waals surface area contributed by atoms with Crippen molar-refractivity contribution in [3.8, 4) is 5.75 Å². The van der Waals surface area contributed by atoms with E-state index in [0.717, 1.165) is 43.1 Å². The maximum absolute atomic E-state index is 6.09. The molecule has 5 atom stereocenters. The summed E-state index contributed by atoms with van der Waals surface area (Å²) < 4.78 is 8.19. The van der Waals surface area contributed by atoms with Gasteiger partial charge in [0.25, 0.3) is 0 Å². The number of aromatic nitrogens is 2. The third-order valence-corrected chi connectivity index (χ3v) is 10.3. The first-order valence-electron chi connectivity index (χ1n) is 14.1. The first kappa shape index (κ1) is 23.1. The molecule has 3 nitrogen and oxygen atoms in total. The molecule has 0 saturated heterocycles. The molecule has 0 spiro atoms. The Morgan fingerprint density at radius 3 is 3.00 bits per heavy atom. The van der Waals surface area contributed by atoms with Crippen molar-refractivity contribution in [3.63, 3.8) is 0 Å². The van der Waals surface area contributed by atoms with Crippen LogP contribution in [0, 0.1) is 28.6 Å². The van der Waals surface area contributed by atoms with E-state index in [9.17, 15) is 0 Å². The van der Waals surface area contributed by atoms with Gasteiger partial charge in [0.05, 0.1) is 12.9 Å². The van der Waals surface area contributed by atoms with Crippen molar-refractivity contribution < 1.29 is 4.74 Å². The smallest absolute Gasteiger partial charge is 0.119 e. The Labute approximate surface area is 211 Å². The van der Waals surface area contributed by atoms with Gasteiger partial charge in [-0.25, -0.2) is 4.98 Å². The van der Waals surface area contributed by atoms with Crippen LogP contribution in [0.4, 0.5) is 0 Å². The van der Waals surface area contributed by atoms with E-state index < -0.39 is 0 Å². The maximum atomic E-state index is 6.09. The number of ether oxygens (including phenoxy) is 1. The molecule has 0 N–H and O–H groups in total. The third kappa shape index (κ3) is 4.41. The van der Waals surface area contributed by atoms with E-state index >= 15 is 0 Å². The lowest BCUT2D eigenvalue weighted by Gasteiger charge is -2.56. The molecule has 1 aromatic carbocycles. The van der Waals surface area contributed by atoms with Gasteiger partial charge in [0, 0.05) is 18.9 Å². The van der Waals surface area contributed by atoms with Crippen LogP contribution in [-0.2, 0) is 6.54 Å². The lowest BCUT2D eigenvalue weighted by Crippen LogP contribution is -2.48. The molecule has 0 aliphatic heterocycles. The Morgan fingerprint density at radius 2 is 2.11 bits per heavy atom. The molecule has 6 rings (SSSR count). The molecule has 186 valence electrons. The fourth-order valence-electron chi connectivity index (χ4n) is 8.48. The van der Waals surface area contributed by atoms with Gasteiger partial charge in [-0.3, -0.25) is 0 Å². The van der Waals surface area contributed by atoms with Crippen molar-refractivity contribution in [2.24, 2.45) is 28.6 Å². The van der Waals surface area contributed by atoms with Gasteiger partial charge < -0.3 is 9.30 Å². The van der Waals surface area contributed by atoms with Crippen LogP contribution >= 0.6 is 0 Å². The number of imidazole rings is 1. The second-order valence-electron chi connectivity index (χ2n) is 12.4. The van der Waals surface area contributed by atoms with Crippen LogP contribution < -0.4 is 4.74 Å². The number of allylic oxidation sites excluding steroid dienone is 3. The average molecular weight is 471 g/mol. The number of hydrogen-bond acceptors (Lipinski definition) is 2.